The minimum absolute atomic E-state index is 0.344. The predicted molar refractivity (Wildman–Crippen MR) is 70.5 cm³/mol. The molecule has 0 bridgehead atoms. The average Bonchev–Trinajstić information content (AvgIpc) is 3.07. The van der Waals surface area contributed by atoms with Gasteiger partial charge >= 0.3 is 0 Å². The van der Waals surface area contributed by atoms with E-state index in [-0.39, 0.29) is 5.54 Å². The highest BCUT2D eigenvalue weighted by molar-refractivity contribution is 5.06. The minimum atomic E-state index is -0.344. The van der Waals surface area contributed by atoms with Gasteiger partial charge in [-0.2, -0.15) is 4.98 Å². The first-order chi connectivity index (χ1) is 9.26. The predicted octanol–water partition coefficient (Wildman–Crippen LogP) is 2.30. The molecule has 1 aromatic heterocycles. The summed E-state index contributed by atoms with van der Waals surface area (Å²) in [4.78, 5) is 4.49. The summed E-state index contributed by atoms with van der Waals surface area (Å²) in [7, 11) is 0. The van der Waals surface area contributed by atoms with E-state index in [2.05, 4.69) is 10.1 Å². The molecule has 3 rings (SSSR count). The summed E-state index contributed by atoms with van der Waals surface area (Å²) in [5.74, 6) is 1.41. The van der Waals surface area contributed by atoms with Crippen LogP contribution in [0.2, 0.25) is 0 Å². The summed E-state index contributed by atoms with van der Waals surface area (Å²) in [6.45, 7) is 0.895. The smallest absolute Gasteiger partial charge is 0.226 e. The van der Waals surface area contributed by atoms with Crippen LogP contribution in [0.4, 0.5) is 0 Å². The largest absolute Gasteiger partial charge is 0.378 e. The molecule has 1 atom stereocenters. The summed E-state index contributed by atoms with van der Waals surface area (Å²) in [6.07, 6.45) is 10.0. The third kappa shape index (κ3) is 2.98. The SMILES string of the molecule is NC1(c2noc(CCC3CCCCO3)n2)CCCC1. The molecule has 1 aliphatic carbocycles. The quantitative estimate of drug-likeness (QED) is 0.904. The van der Waals surface area contributed by atoms with Gasteiger partial charge in [-0.05, 0) is 38.5 Å². The normalized spacial score (nSPS) is 26.7. The molecular weight excluding hydrogens is 242 g/mol. The lowest BCUT2D eigenvalue weighted by Crippen LogP contribution is -2.34. The van der Waals surface area contributed by atoms with Gasteiger partial charge in [-0.15, -0.1) is 0 Å². The molecule has 5 heteroatoms. The van der Waals surface area contributed by atoms with Gasteiger partial charge in [-0.1, -0.05) is 18.0 Å². The zero-order chi connectivity index (χ0) is 13.1. The Morgan fingerprint density at radius 1 is 1.21 bits per heavy atom. The van der Waals surface area contributed by atoms with Crippen LogP contribution in [0.1, 0.15) is 63.1 Å². The van der Waals surface area contributed by atoms with Crippen molar-refractivity contribution in [2.24, 2.45) is 5.73 Å². The minimum Gasteiger partial charge on any atom is -0.378 e. The zero-order valence-corrected chi connectivity index (χ0v) is 11.4. The molecule has 2 heterocycles. The fraction of sp³-hybridized carbons (Fsp3) is 0.857. The molecule has 0 amide bonds. The molecule has 1 aliphatic heterocycles. The van der Waals surface area contributed by atoms with Crippen molar-refractivity contribution < 1.29 is 9.26 Å². The molecule has 0 spiro atoms. The van der Waals surface area contributed by atoms with Crippen LogP contribution < -0.4 is 5.73 Å². The maximum Gasteiger partial charge on any atom is 0.226 e. The second kappa shape index (κ2) is 5.59. The van der Waals surface area contributed by atoms with Crippen LogP contribution in [0, 0.1) is 0 Å². The number of aryl methyl sites for hydroxylation is 1. The molecule has 2 fully saturated rings. The Labute approximate surface area is 113 Å². The van der Waals surface area contributed by atoms with Crippen LogP contribution in [0.3, 0.4) is 0 Å². The highest BCUT2D eigenvalue weighted by Crippen LogP contribution is 2.34. The van der Waals surface area contributed by atoms with E-state index in [0.29, 0.717) is 17.8 Å². The van der Waals surface area contributed by atoms with Gasteiger partial charge in [0.05, 0.1) is 11.6 Å². The summed E-state index contributed by atoms with van der Waals surface area (Å²) in [5.41, 5.74) is 5.98. The first-order valence-corrected chi connectivity index (χ1v) is 7.50. The van der Waals surface area contributed by atoms with Gasteiger partial charge in [-0.3, -0.25) is 0 Å². The van der Waals surface area contributed by atoms with E-state index in [4.69, 9.17) is 15.0 Å². The van der Waals surface area contributed by atoms with Crippen molar-refractivity contribution in [3.05, 3.63) is 11.7 Å². The Kier molecular flexibility index (Phi) is 3.84. The zero-order valence-electron chi connectivity index (χ0n) is 11.4. The van der Waals surface area contributed by atoms with Gasteiger partial charge in [-0.25, -0.2) is 0 Å². The second-order valence-corrected chi connectivity index (χ2v) is 5.90. The fourth-order valence-electron chi connectivity index (χ4n) is 3.11. The summed E-state index contributed by atoms with van der Waals surface area (Å²) in [6, 6.07) is 0. The molecule has 5 nitrogen and oxygen atoms in total. The molecule has 0 radical (unpaired) electrons. The topological polar surface area (TPSA) is 74.2 Å². The number of hydrogen-bond acceptors (Lipinski definition) is 5. The van der Waals surface area contributed by atoms with Gasteiger partial charge in [0.2, 0.25) is 5.89 Å². The van der Waals surface area contributed by atoms with Gasteiger partial charge in [0.15, 0.2) is 5.82 Å². The van der Waals surface area contributed by atoms with Crippen LogP contribution >= 0.6 is 0 Å². The van der Waals surface area contributed by atoms with Crippen molar-refractivity contribution in [1.29, 1.82) is 0 Å². The third-order valence-electron chi connectivity index (χ3n) is 4.36. The molecule has 106 valence electrons. The van der Waals surface area contributed by atoms with Crippen molar-refractivity contribution >= 4 is 0 Å². The van der Waals surface area contributed by atoms with Crippen LogP contribution in [0.25, 0.3) is 0 Å². The van der Waals surface area contributed by atoms with Crippen LogP contribution in [-0.4, -0.2) is 22.9 Å². The highest BCUT2D eigenvalue weighted by Gasteiger charge is 2.35. The number of hydrogen-bond donors (Lipinski definition) is 1. The van der Waals surface area contributed by atoms with E-state index in [1.807, 2.05) is 0 Å². The van der Waals surface area contributed by atoms with E-state index in [1.165, 1.54) is 12.8 Å². The summed E-state index contributed by atoms with van der Waals surface area (Å²) < 4.78 is 11.0. The highest BCUT2D eigenvalue weighted by atomic mass is 16.5. The Balaban J connectivity index is 1.55. The Morgan fingerprint density at radius 3 is 2.79 bits per heavy atom. The van der Waals surface area contributed by atoms with Gasteiger partial charge in [0, 0.05) is 13.0 Å². The molecule has 1 unspecified atom stereocenters. The molecule has 19 heavy (non-hydrogen) atoms. The lowest BCUT2D eigenvalue weighted by Gasteiger charge is -2.21. The molecule has 0 aromatic carbocycles. The Morgan fingerprint density at radius 2 is 2.05 bits per heavy atom. The lowest BCUT2D eigenvalue weighted by atomic mass is 9.98. The van der Waals surface area contributed by atoms with Crippen molar-refractivity contribution in [3.8, 4) is 0 Å². The van der Waals surface area contributed by atoms with E-state index in [9.17, 15) is 0 Å². The average molecular weight is 265 g/mol. The van der Waals surface area contributed by atoms with Crippen molar-refractivity contribution in [2.75, 3.05) is 6.61 Å². The molecule has 2 aliphatic rings. The summed E-state index contributed by atoms with van der Waals surface area (Å²) >= 11 is 0. The maximum absolute atomic E-state index is 6.32. The van der Waals surface area contributed by atoms with Crippen molar-refractivity contribution in [2.45, 2.75) is 69.4 Å². The number of rotatable bonds is 4. The number of nitrogens with two attached hydrogens (primary N) is 1. The van der Waals surface area contributed by atoms with Gasteiger partial charge < -0.3 is 15.0 Å². The second-order valence-electron chi connectivity index (χ2n) is 5.90. The molecular formula is C14H23N3O2. The Hall–Kier alpha value is -0.940. The Bertz CT molecular complexity index is 407. The fourth-order valence-corrected chi connectivity index (χ4v) is 3.11. The van der Waals surface area contributed by atoms with E-state index >= 15 is 0 Å². The molecule has 1 aromatic rings. The maximum atomic E-state index is 6.32. The lowest BCUT2D eigenvalue weighted by molar-refractivity contribution is 0.0104. The summed E-state index contributed by atoms with van der Waals surface area (Å²) in [5, 5.41) is 4.08. The van der Waals surface area contributed by atoms with Crippen molar-refractivity contribution in [1.82, 2.24) is 10.1 Å². The van der Waals surface area contributed by atoms with E-state index < -0.39 is 0 Å². The monoisotopic (exact) mass is 265 g/mol. The van der Waals surface area contributed by atoms with E-state index in [0.717, 1.165) is 51.6 Å². The van der Waals surface area contributed by atoms with Crippen molar-refractivity contribution in [3.63, 3.8) is 0 Å². The third-order valence-corrected chi connectivity index (χ3v) is 4.36. The number of ether oxygens (including phenoxy) is 1. The standard InChI is InChI=1S/C14H23N3O2/c15-14(8-2-3-9-14)13-16-12(19-17-13)7-6-11-5-1-4-10-18-11/h11H,1-10,15H2. The number of aromatic nitrogens is 2. The van der Waals surface area contributed by atoms with Gasteiger partial charge in [0.25, 0.3) is 0 Å². The van der Waals surface area contributed by atoms with Crippen LogP contribution in [-0.2, 0) is 16.7 Å². The first kappa shape index (κ1) is 13.1. The van der Waals surface area contributed by atoms with Crippen LogP contribution in [0.5, 0.6) is 0 Å². The van der Waals surface area contributed by atoms with Gasteiger partial charge in [0.1, 0.15) is 0 Å². The molecule has 1 saturated heterocycles. The molecule has 2 N–H and O–H groups in total. The molecule has 1 saturated carbocycles. The first-order valence-electron chi connectivity index (χ1n) is 7.50. The van der Waals surface area contributed by atoms with E-state index in [1.54, 1.807) is 0 Å². The number of nitrogens with zero attached hydrogens (tertiary/aromatic N) is 2. The van der Waals surface area contributed by atoms with Crippen LogP contribution in [0.15, 0.2) is 4.52 Å².